The van der Waals surface area contributed by atoms with Gasteiger partial charge >= 0.3 is 0 Å². The van der Waals surface area contributed by atoms with Crippen molar-refractivity contribution in [3.05, 3.63) is 70.0 Å². The number of aromatic nitrogens is 2. The van der Waals surface area contributed by atoms with Crippen molar-refractivity contribution in [2.75, 3.05) is 0 Å². The van der Waals surface area contributed by atoms with Crippen LogP contribution in [0.15, 0.2) is 57.4 Å². The third kappa shape index (κ3) is 2.89. The molecule has 2 aromatic carbocycles. The standard InChI is InChI=1S/C16H14BrN3O/c1-10-7-8-12(17)9-13(10)15-19-20-16(21-15)14(18)11-5-3-2-4-6-11/h2-9,14H,18H2,1H3. The van der Waals surface area contributed by atoms with Crippen LogP contribution in [-0.2, 0) is 0 Å². The van der Waals surface area contributed by atoms with Gasteiger partial charge in [-0.2, -0.15) is 0 Å². The van der Waals surface area contributed by atoms with Crippen LogP contribution in [0.4, 0.5) is 0 Å². The van der Waals surface area contributed by atoms with Crippen molar-refractivity contribution in [1.29, 1.82) is 0 Å². The second-order valence-electron chi connectivity index (χ2n) is 4.79. The van der Waals surface area contributed by atoms with E-state index in [1.54, 1.807) is 0 Å². The molecule has 0 bridgehead atoms. The second kappa shape index (κ2) is 5.79. The summed E-state index contributed by atoms with van der Waals surface area (Å²) in [5.41, 5.74) is 9.09. The first-order valence-corrected chi connectivity index (χ1v) is 7.35. The molecule has 1 aromatic heterocycles. The summed E-state index contributed by atoms with van der Waals surface area (Å²) < 4.78 is 6.72. The van der Waals surface area contributed by atoms with Crippen LogP contribution in [-0.4, -0.2) is 10.2 Å². The minimum atomic E-state index is -0.417. The number of aryl methyl sites for hydroxylation is 1. The molecule has 0 aliphatic carbocycles. The van der Waals surface area contributed by atoms with Gasteiger partial charge in [0.15, 0.2) is 0 Å². The summed E-state index contributed by atoms with van der Waals surface area (Å²) in [6, 6.07) is 15.2. The lowest BCUT2D eigenvalue weighted by Crippen LogP contribution is -2.11. The van der Waals surface area contributed by atoms with Gasteiger partial charge in [0.2, 0.25) is 11.8 Å². The Kier molecular flexibility index (Phi) is 3.86. The number of nitrogens with two attached hydrogens (primary N) is 1. The lowest BCUT2D eigenvalue weighted by Gasteiger charge is -2.06. The number of halogens is 1. The van der Waals surface area contributed by atoms with Crippen molar-refractivity contribution in [3.8, 4) is 11.5 Å². The van der Waals surface area contributed by atoms with Crippen molar-refractivity contribution in [3.63, 3.8) is 0 Å². The van der Waals surface area contributed by atoms with Crippen LogP contribution in [0, 0.1) is 6.92 Å². The summed E-state index contributed by atoms with van der Waals surface area (Å²) in [5.74, 6) is 0.894. The molecule has 0 fully saturated rings. The van der Waals surface area contributed by atoms with Crippen molar-refractivity contribution >= 4 is 15.9 Å². The average Bonchev–Trinajstić information content (AvgIpc) is 2.99. The lowest BCUT2D eigenvalue weighted by atomic mass is 10.1. The van der Waals surface area contributed by atoms with Crippen molar-refractivity contribution in [2.24, 2.45) is 5.73 Å². The normalized spacial score (nSPS) is 12.3. The molecule has 106 valence electrons. The summed E-state index contributed by atoms with van der Waals surface area (Å²) >= 11 is 3.45. The van der Waals surface area contributed by atoms with Crippen LogP contribution < -0.4 is 5.73 Å². The molecule has 0 spiro atoms. The first kappa shape index (κ1) is 14.0. The molecule has 0 saturated heterocycles. The summed E-state index contributed by atoms with van der Waals surface area (Å²) in [5, 5.41) is 8.20. The molecule has 0 amide bonds. The number of benzene rings is 2. The van der Waals surface area contributed by atoms with Crippen LogP contribution in [0.25, 0.3) is 11.5 Å². The molecule has 0 radical (unpaired) electrons. The maximum Gasteiger partial charge on any atom is 0.248 e. The fourth-order valence-electron chi connectivity index (χ4n) is 2.10. The smallest absolute Gasteiger partial charge is 0.248 e. The molecule has 0 aliphatic heterocycles. The highest BCUT2D eigenvalue weighted by atomic mass is 79.9. The van der Waals surface area contributed by atoms with Gasteiger partial charge in [0.25, 0.3) is 0 Å². The Hall–Kier alpha value is -1.98. The number of nitrogens with zero attached hydrogens (tertiary/aromatic N) is 2. The molecule has 0 saturated carbocycles. The SMILES string of the molecule is Cc1ccc(Br)cc1-c1nnc(C(N)c2ccccc2)o1. The minimum Gasteiger partial charge on any atom is -0.419 e. The summed E-state index contributed by atoms with van der Waals surface area (Å²) in [6.45, 7) is 2.00. The van der Waals surface area contributed by atoms with E-state index >= 15 is 0 Å². The van der Waals surface area contributed by atoms with E-state index in [-0.39, 0.29) is 0 Å². The van der Waals surface area contributed by atoms with Crippen LogP contribution >= 0.6 is 15.9 Å². The Morgan fingerprint density at radius 3 is 2.62 bits per heavy atom. The van der Waals surface area contributed by atoms with E-state index in [9.17, 15) is 0 Å². The minimum absolute atomic E-state index is 0.413. The molecule has 5 heteroatoms. The van der Waals surface area contributed by atoms with Gasteiger partial charge in [-0.05, 0) is 30.2 Å². The van der Waals surface area contributed by atoms with Gasteiger partial charge in [0, 0.05) is 10.0 Å². The molecule has 2 N–H and O–H groups in total. The maximum absolute atomic E-state index is 6.17. The van der Waals surface area contributed by atoms with Crippen LogP contribution in [0.2, 0.25) is 0 Å². The van der Waals surface area contributed by atoms with E-state index < -0.39 is 6.04 Å². The number of rotatable bonds is 3. The molecular weight excluding hydrogens is 330 g/mol. The van der Waals surface area contributed by atoms with Gasteiger partial charge in [0.05, 0.1) is 0 Å². The van der Waals surface area contributed by atoms with Crippen molar-refractivity contribution in [1.82, 2.24) is 10.2 Å². The Bertz CT molecular complexity index is 755. The average molecular weight is 344 g/mol. The van der Waals surface area contributed by atoms with E-state index in [1.165, 1.54) is 0 Å². The highest BCUT2D eigenvalue weighted by molar-refractivity contribution is 9.10. The summed E-state index contributed by atoms with van der Waals surface area (Å²) in [7, 11) is 0. The van der Waals surface area contributed by atoms with Crippen LogP contribution in [0.1, 0.15) is 23.1 Å². The fraction of sp³-hybridized carbons (Fsp3) is 0.125. The van der Waals surface area contributed by atoms with E-state index in [0.717, 1.165) is 21.2 Å². The third-order valence-electron chi connectivity index (χ3n) is 3.30. The Labute approximate surface area is 131 Å². The van der Waals surface area contributed by atoms with E-state index in [0.29, 0.717) is 11.8 Å². The summed E-state index contributed by atoms with van der Waals surface area (Å²) in [6.07, 6.45) is 0. The number of hydrogen-bond donors (Lipinski definition) is 1. The van der Waals surface area contributed by atoms with Crippen molar-refractivity contribution < 1.29 is 4.42 Å². The van der Waals surface area contributed by atoms with Gasteiger partial charge < -0.3 is 10.2 Å². The van der Waals surface area contributed by atoms with Gasteiger partial charge in [-0.1, -0.05) is 52.3 Å². The zero-order valence-corrected chi connectivity index (χ0v) is 13.0. The van der Waals surface area contributed by atoms with Crippen LogP contribution in [0.3, 0.4) is 0 Å². The third-order valence-corrected chi connectivity index (χ3v) is 3.79. The number of hydrogen-bond acceptors (Lipinski definition) is 4. The van der Waals surface area contributed by atoms with Gasteiger partial charge in [-0.3, -0.25) is 0 Å². The first-order valence-electron chi connectivity index (χ1n) is 6.55. The van der Waals surface area contributed by atoms with E-state index in [1.807, 2.05) is 55.5 Å². The van der Waals surface area contributed by atoms with E-state index in [4.69, 9.17) is 10.2 Å². The molecule has 3 rings (SSSR count). The van der Waals surface area contributed by atoms with Gasteiger partial charge in [-0.25, -0.2) is 0 Å². The largest absolute Gasteiger partial charge is 0.419 e. The molecular formula is C16H14BrN3O. The monoisotopic (exact) mass is 343 g/mol. The van der Waals surface area contributed by atoms with Crippen molar-refractivity contribution in [2.45, 2.75) is 13.0 Å². The molecule has 4 nitrogen and oxygen atoms in total. The zero-order chi connectivity index (χ0) is 14.8. The molecule has 21 heavy (non-hydrogen) atoms. The zero-order valence-electron chi connectivity index (χ0n) is 11.5. The van der Waals surface area contributed by atoms with E-state index in [2.05, 4.69) is 26.1 Å². The lowest BCUT2D eigenvalue weighted by molar-refractivity contribution is 0.484. The Morgan fingerprint density at radius 1 is 1.10 bits per heavy atom. The van der Waals surface area contributed by atoms with Gasteiger partial charge in [-0.15, -0.1) is 10.2 Å². The topological polar surface area (TPSA) is 64.9 Å². The predicted molar refractivity (Wildman–Crippen MR) is 84.6 cm³/mol. The quantitative estimate of drug-likeness (QED) is 0.784. The van der Waals surface area contributed by atoms with Crippen LogP contribution in [0.5, 0.6) is 0 Å². The first-order chi connectivity index (χ1) is 10.1. The highest BCUT2D eigenvalue weighted by Crippen LogP contribution is 2.27. The Balaban J connectivity index is 1.95. The molecule has 3 aromatic rings. The highest BCUT2D eigenvalue weighted by Gasteiger charge is 2.18. The molecule has 1 atom stereocenters. The van der Waals surface area contributed by atoms with Gasteiger partial charge in [0.1, 0.15) is 6.04 Å². The molecule has 1 unspecified atom stereocenters. The molecule has 0 aliphatic rings. The molecule has 1 heterocycles. The fourth-order valence-corrected chi connectivity index (χ4v) is 2.46. The second-order valence-corrected chi connectivity index (χ2v) is 5.71. The summed E-state index contributed by atoms with van der Waals surface area (Å²) in [4.78, 5) is 0. The maximum atomic E-state index is 6.17. The Morgan fingerprint density at radius 2 is 1.86 bits per heavy atom. The predicted octanol–water partition coefficient (Wildman–Crippen LogP) is 3.86.